The van der Waals surface area contributed by atoms with Gasteiger partial charge in [-0.15, -0.1) is 0 Å². The largest absolute Gasteiger partial charge is 0.618 e. The maximum atomic E-state index is 11.9. The molecular weight excluding hydrogens is 264 g/mol. The van der Waals surface area contributed by atoms with E-state index in [1.807, 2.05) is 6.07 Å². The van der Waals surface area contributed by atoms with Gasteiger partial charge in [-0.25, -0.2) is 0 Å². The summed E-state index contributed by atoms with van der Waals surface area (Å²) < 4.78 is 5.94. The van der Waals surface area contributed by atoms with Gasteiger partial charge < -0.3 is 14.5 Å². The second-order valence-corrected chi connectivity index (χ2v) is 4.98. The lowest BCUT2D eigenvalue weighted by atomic mass is 10.4. The monoisotopic (exact) mass is 278 g/mol. The number of hydrogen-bond acceptors (Lipinski definition) is 4. The fourth-order valence-corrected chi connectivity index (χ4v) is 2.35. The summed E-state index contributed by atoms with van der Waals surface area (Å²) in [5.74, 6) is 0.911. The zero-order chi connectivity index (χ0) is 13.7. The number of carbonyl (C=O) groups is 1. The van der Waals surface area contributed by atoms with E-state index in [1.165, 1.54) is 18.0 Å². The SMILES string of the molecule is CN(Cc1ccco1)C(=O)CSc1cccc[n+]1[O-]. The molecule has 0 saturated heterocycles. The Hall–Kier alpha value is -1.95. The minimum atomic E-state index is -0.0507. The van der Waals surface area contributed by atoms with Crippen LogP contribution in [0.5, 0.6) is 0 Å². The van der Waals surface area contributed by atoms with Crippen LogP contribution in [0, 0.1) is 5.21 Å². The number of nitrogens with zero attached hydrogens (tertiary/aromatic N) is 2. The molecule has 2 aromatic heterocycles. The smallest absolute Gasteiger partial charge is 0.251 e. The summed E-state index contributed by atoms with van der Waals surface area (Å²) in [6, 6.07) is 8.72. The molecule has 2 heterocycles. The molecule has 6 heteroatoms. The molecule has 1 amide bonds. The Morgan fingerprint density at radius 1 is 1.42 bits per heavy atom. The molecule has 19 heavy (non-hydrogen) atoms. The molecule has 2 aromatic rings. The third-order valence-corrected chi connectivity index (χ3v) is 3.53. The second kappa shape index (κ2) is 6.29. The van der Waals surface area contributed by atoms with Gasteiger partial charge in [-0.1, -0.05) is 0 Å². The van der Waals surface area contributed by atoms with Gasteiger partial charge in [0.2, 0.25) is 5.91 Å². The quantitative estimate of drug-likeness (QED) is 0.474. The molecule has 0 aromatic carbocycles. The number of rotatable bonds is 5. The van der Waals surface area contributed by atoms with Crippen LogP contribution in [-0.4, -0.2) is 23.6 Å². The highest BCUT2D eigenvalue weighted by molar-refractivity contribution is 7.99. The standard InChI is InChI=1S/C13H14N2O3S/c1-14(9-11-5-4-8-18-11)12(16)10-19-13-6-2-3-7-15(13)17/h2-8H,9-10H2,1H3. The lowest BCUT2D eigenvalue weighted by molar-refractivity contribution is -0.645. The van der Waals surface area contributed by atoms with E-state index in [0.717, 1.165) is 10.5 Å². The third kappa shape index (κ3) is 3.75. The average Bonchev–Trinajstić information content (AvgIpc) is 2.90. The molecule has 0 aliphatic heterocycles. The van der Waals surface area contributed by atoms with E-state index < -0.39 is 0 Å². The van der Waals surface area contributed by atoms with Crippen molar-refractivity contribution in [1.82, 2.24) is 4.90 Å². The van der Waals surface area contributed by atoms with E-state index in [4.69, 9.17) is 4.42 Å². The summed E-state index contributed by atoms with van der Waals surface area (Å²) >= 11 is 1.22. The number of carbonyl (C=O) groups excluding carboxylic acids is 1. The van der Waals surface area contributed by atoms with Crippen LogP contribution in [0.1, 0.15) is 5.76 Å². The number of hydrogen-bond donors (Lipinski definition) is 0. The molecule has 0 aliphatic carbocycles. The molecule has 0 radical (unpaired) electrons. The van der Waals surface area contributed by atoms with Crippen LogP contribution in [0.3, 0.4) is 0 Å². The first kappa shape index (κ1) is 13.5. The number of aromatic nitrogens is 1. The summed E-state index contributed by atoms with van der Waals surface area (Å²) in [5, 5.41) is 11.9. The van der Waals surface area contributed by atoms with Crippen molar-refractivity contribution >= 4 is 17.7 Å². The normalized spacial score (nSPS) is 10.4. The van der Waals surface area contributed by atoms with Gasteiger partial charge in [0, 0.05) is 19.2 Å². The summed E-state index contributed by atoms with van der Waals surface area (Å²) in [4.78, 5) is 13.5. The minimum absolute atomic E-state index is 0.0507. The van der Waals surface area contributed by atoms with Gasteiger partial charge >= 0.3 is 0 Å². The number of thioether (sulfide) groups is 1. The molecule has 0 aliphatic rings. The first-order chi connectivity index (χ1) is 9.16. The predicted molar refractivity (Wildman–Crippen MR) is 71.3 cm³/mol. The Bertz CT molecular complexity index is 543. The van der Waals surface area contributed by atoms with Crippen molar-refractivity contribution in [3.8, 4) is 0 Å². The molecule has 5 nitrogen and oxygen atoms in total. The molecule has 0 spiro atoms. The van der Waals surface area contributed by atoms with Crippen LogP contribution >= 0.6 is 11.8 Å². The topological polar surface area (TPSA) is 60.4 Å². The van der Waals surface area contributed by atoms with Gasteiger partial charge in [0.25, 0.3) is 5.03 Å². The Kier molecular flexibility index (Phi) is 4.46. The summed E-state index contributed by atoms with van der Waals surface area (Å²) in [6.07, 6.45) is 2.99. The Morgan fingerprint density at radius 3 is 2.95 bits per heavy atom. The lowest BCUT2D eigenvalue weighted by Crippen LogP contribution is -2.30. The van der Waals surface area contributed by atoms with E-state index in [0.29, 0.717) is 11.6 Å². The maximum absolute atomic E-state index is 11.9. The van der Waals surface area contributed by atoms with Crippen LogP contribution in [0.15, 0.2) is 52.2 Å². The van der Waals surface area contributed by atoms with E-state index in [-0.39, 0.29) is 11.7 Å². The Labute approximate surface area is 115 Å². The number of amides is 1. The second-order valence-electron chi connectivity index (χ2n) is 3.98. The van der Waals surface area contributed by atoms with Crippen LogP contribution in [0.4, 0.5) is 0 Å². The van der Waals surface area contributed by atoms with Crippen molar-refractivity contribution < 1.29 is 13.9 Å². The zero-order valence-electron chi connectivity index (χ0n) is 10.5. The van der Waals surface area contributed by atoms with Gasteiger partial charge in [-0.3, -0.25) is 4.79 Å². The van der Waals surface area contributed by atoms with E-state index in [9.17, 15) is 10.0 Å². The highest BCUT2D eigenvalue weighted by Crippen LogP contribution is 2.14. The molecule has 0 bridgehead atoms. The Morgan fingerprint density at radius 2 is 2.26 bits per heavy atom. The van der Waals surface area contributed by atoms with Crippen LogP contribution < -0.4 is 4.73 Å². The van der Waals surface area contributed by atoms with Crippen molar-refractivity contribution in [2.75, 3.05) is 12.8 Å². The van der Waals surface area contributed by atoms with Crippen molar-refractivity contribution in [3.63, 3.8) is 0 Å². The summed E-state index contributed by atoms with van der Waals surface area (Å²) in [6.45, 7) is 0.429. The average molecular weight is 278 g/mol. The van der Waals surface area contributed by atoms with Crippen LogP contribution in [-0.2, 0) is 11.3 Å². The molecule has 0 saturated carbocycles. The van der Waals surface area contributed by atoms with Crippen LogP contribution in [0.25, 0.3) is 0 Å². The molecular formula is C13H14N2O3S. The van der Waals surface area contributed by atoms with Gasteiger partial charge in [-0.05, 0) is 30.0 Å². The van der Waals surface area contributed by atoms with Crippen molar-refractivity contribution in [1.29, 1.82) is 0 Å². The van der Waals surface area contributed by atoms with Crippen molar-refractivity contribution in [2.24, 2.45) is 0 Å². The number of furan rings is 1. The molecule has 2 rings (SSSR count). The van der Waals surface area contributed by atoms with Crippen molar-refractivity contribution in [2.45, 2.75) is 11.6 Å². The van der Waals surface area contributed by atoms with Gasteiger partial charge in [0.05, 0.1) is 18.6 Å². The fourth-order valence-electron chi connectivity index (χ4n) is 1.49. The highest BCUT2D eigenvalue weighted by atomic mass is 32.2. The molecule has 0 unspecified atom stereocenters. The molecule has 0 fully saturated rings. The van der Waals surface area contributed by atoms with Gasteiger partial charge in [-0.2, -0.15) is 4.73 Å². The van der Waals surface area contributed by atoms with Gasteiger partial charge in [0.15, 0.2) is 6.20 Å². The summed E-state index contributed by atoms with van der Waals surface area (Å²) in [7, 11) is 1.71. The first-order valence-corrected chi connectivity index (χ1v) is 6.72. The fraction of sp³-hybridized carbons (Fsp3) is 0.231. The zero-order valence-corrected chi connectivity index (χ0v) is 11.3. The summed E-state index contributed by atoms with van der Waals surface area (Å²) in [5.41, 5.74) is 0. The minimum Gasteiger partial charge on any atom is -0.618 e. The highest BCUT2D eigenvalue weighted by Gasteiger charge is 2.13. The van der Waals surface area contributed by atoms with Crippen LogP contribution in [0.2, 0.25) is 0 Å². The van der Waals surface area contributed by atoms with E-state index in [1.54, 1.807) is 42.5 Å². The third-order valence-electron chi connectivity index (χ3n) is 2.53. The Balaban J connectivity index is 1.86. The van der Waals surface area contributed by atoms with E-state index >= 15 is 0 Å². The van der Waals surface area contributed by atoms with Gasteiger partial charge in [0.1, 0.15) is 5.76 Å². The lowest BCUT2D eigenvalue weighted by Gasteiger charge is -2.15. The molecule has 100 valence electrons. The van der Waals surface area contributed by atoms with E-state index in [2.05, 4.69) is 0 Å². The number of pyridine rings is 1. The predicted octanol–water partition coefficient (Wildman–Crippen LogP) is 1.66. The molecule has 0 N–H and O–H groups in total. The maximum Gasteiger partial charge on any atom is 0.251 e. The first-order valence-electron chi connectivity index (χ1n) is 5.74. The van der Waals surface area contributed by atoms with Crippen molar-refractivity contribution in [3.05, 3.63) is 53.8 Å². The molecule has 0 atom stereocenters.